The van der Waals surface area contributed by atoms with Crippen LogP contribution in [-0.4, -0.2) is 15.0 Å². The van der Waals surface area contributed by atoms with Crippen molar-refractivity contribution in [3.05, 3.63) is 23.2 Å². The molecular weight excluding hydrogens is 234 g/mol. The van der Waals surface area contributed by atoms with E-state index in [1.165, 1.54) is 31.2 Å². The monoisotopic (exact) mass is 249 g/mol. The Labute approximate surface area is 106 Å². The molecular formula is C13H16ClN3. The van der Waals surface area contributed by atoms with Crippen molar-refractivity contribution in [2.45, 2.75) is 38.5 Å². The minimum atomic E-state index is 0.520. The van der Waals surface area contributed by atoms with Crippen LogP contribution >= 0.6 is 11.6 Å². The van der Waals surface area contributed by atoms with Crippen molar-refractivity contribution < 1.29 is 0 Å². The molecule has 4 heteroatoms. The predicted molar refractivity (Wildman–Crippen MR) is 69.3 cm³/mol. The standard InChI is InChI=1S/C13H16ClN3/c1-2-8-3-4-9(5-8)10-6-15-12-11(10)16-7-17-13(12)14/h6-9,15H,2-5H2,1H3/t8-,9+/m1/s1. The number of H-pyrrole nitrogens is 1. The van der Waals surface area contributed by atoms with Crippen LogP contribution in [0.15, 0.2) is 12.5 Å². The zero-order valence-electron chi connectivity index (χ0n) is 9.91. The molecule has 0 bridgehead atoms. The fourth-order valence-electron chi connectivity index (χ4n) is 2.97. The van der Waals surface area contributed by atoms with Crippen LogP contribution in [0.1, 0.15) is 44.1 Å². The van der Waals surface area contributed by atoms with Crippen LogP contribution in [-0.2, 0) is 0 Å². The minimum absolute atomic E-state index is 0.520. The summed E-state index contributed by atoms with van der Waals surface area (Å²) in [7, 11) is 0. The van der Waals surface area contributed by atoms with Crippen LogP contribution in [0.3, 0.4) is 0 Å². The first kappa shape index (κ1) is 11.0. The largest absolute Gasteiger partial charge is 0.357 e. The number of rotatable bonds is 2. The molecule has 3 nitrogen and oxygen atoms in total. The molecule has 17 heavy (non-hydrogen) atoms. The van der Waals surface area contributed by atoms with Gasteiger partial charge in [0.25, 0.3) is 0 Å². The van der Waals surface area contributed by atoms with Crippen molar-refractivity contribution in [1.29, 1.82) is 0 Å². The third-order valence-corrected chi connectivity index (χ3v) is 4.29. The van der Waals surface area contributed by atoms with Gasteiger partial charge in [0.15, 0.2) is 5.15 Å². The zero-order chi connectivity index (χ0) is 11.8. The molecule has 0 radical (unpaired) electrons. The summed E-state index contributed by atoms with van der Waals surface area (Å²) in [4.78, 5) is 11.6. The average molecular weight is 250 g/mol. The third-order valence-electron chi connectivity index (χ3n) is 4.00. The lowest BCUT2D eigenvalue weighted by Crippen LogP contribution is -1.95. The van der Waals surface area contributed by atoms with Crippen molar-refractivity contribution >= 4 is 22.6 Å². The van der Waals surface area contributed by atoms with Crippen LogP contribution in [0, 0.1) is 5.92 Å². The normalized spacial score (nSPS) is 24.6. The maximum atomic E-state index is 6.05. The highest BCUT2D eigenvalue weighted by Crippen LogP contribution is 2.41. The second-order valence-corrected chi connectivity index (χ2v) is 5.27. The first-order chi connectivity index (χ1) is 8.29. The highest BCUT2D eigenvalue weighted by molar-refractivity contribution is 6.33. The van der Waals surface area contributed by atoms with E-state index in [0.29, 0.717) is 11.1 Å². The molecule has 0 amide bonds. The Hall–Kier alpha value is -1.09. The number of halogens is 1. The Morgan fingerprint density at radius 3 is 3.06 bits per heavy atom. The van der Waals surface area contributed by atoms with Gasteiger partial charge in [-0.2, -0.15) is 0 Å². The van der Waals surface area contributed by atoms with E-state index in [0.717, 1.165) is 17.0 Å². The number of hydrogen-bond donors (Lipinski definition) is 1. The fourth-order valence-corrected chi connectivity index (χ4v) is 3.16. The summed E-state index contributed by atoms with van der Waals surface area (Å²) in [5.74, 6) is 1.52. The average Bonchev–Trinajstić information content (AvgIpc) is 2.94. The summed E-state index contributed by atoms with van der Waals surface area (Å²) in [5, 5.41) is 0.520. The van der Waals surface area contributed by atoms with Crippen LogP contribution in [0.5, 0.6) is 0 Å². The van der Waals surface area contributed by atoms with Crippen LogP contribution in [0.4, 0.5) is 0 Å². The Bertz CT molecular complexity index is 534. The number of nitrogens with zero attached hydrogens (tertiary/aromatic N) is 2. The predicted octanol–water partition coefficient (Wildman–Crippen LogP) is 3.91. The summed E-state index contributed by atoms with van der Waals surface area (Å²) in [6, 6.07) is 0. The van der Waals surface area contributed by atoms with E-state index >= 15 is 0 Å². The van der Waals surface area contributed by atoms with Gasteiger partial charge in [0, 0.05) is 6.20 Å². The van der Waals surface area contributed by atoms with Crippen molar-refractivity contribution in [2.75, 3.05) is 0 Å². The van der Waals surface area contributed by atoms with E-state index < -0.39 is 0 Å². The molecule has 3 rings (SSSR count). The molecule has 2 aromatic rings. The molecule has 0 aliphatic heterocycles. The van der Waals surface area contributed by atoms with E-state index in [2.05, 4.69) is 28.1 Å². The SMILES string of the molecule is CC[C@@H]1CC[C@H](c2c[nH]c3c(Cl)ncnc23)C1. The molecule has 90 valence electrons. The van der Waals surface area contributed by atoms with E-state index in [1.807, 2.05) is 0 Å². The van der Waals surface area contributed by atoms with Crippen molar-refractivity contribution in [2.24, 2.45) is 5.92 Å². The van der Waals surface area contributed by atoms with E-state index in [1.54, 1.807) is 6.33 Å². The summed E-state index contributed by atoms with van der Waals surface area (Å²) in [6.45, 7) is 2.28. The fraction of sp³-hybridized carbons (Fsp3) is 0.538. The second kappa shape index (κ2) is 4.30. The number of aromatic amines is 1. The molecule has 1 aliphatic rings. The molecule has 0 saturated heterocycles. The molecule has 1 aliphatic carbocycles. The Kier molecular flexibility index (Phi) is 2.79. The highest BCUT2D eigenvalue weighted by Gasteiger charge is 2.27. The Morgan fingerprint density at radius 2 is 2.29 bits per heavy atom. The summed E-state index contributed by atoms with van der Waals surface area (Å²) < 4.78 is 0. The van der Waals surface area contributed by atoms with Gasteiger partial charge in [0.05, 0.1) is 5.52 Å². The zero-order valence-corrected chi connectivity index (χ0v) is 10.7. The van der Waals surface area contributed by atoms with Gasteiger partial charge >= 0.3 is 0 Å². The van der Waals surface area contributed by atoms with Gasteiger partial charge < -0.3 is 4.98 Å². The minimum Gasteiger partial charge on any atom is -0.357 e. The number of nitrogens with one attached hydrogen (secondary N) is 1. The molecule has 1 N–H and O–H groups in total. The van der Waals surface area contributed by atoms with Crippen LogP contribution in [0.2, 0.25) is 5.15 Å². The van der Waals surface area contributed by atoms with Gasteiger partial charge in [0.1, 0.15) is 11.8 Å². The Morgan fingerprint density at radius 1 is 1.41 bits per heavy atom. The van der Waals surface area contributed by atoms with Crippen molar-refractivity contribution in [1.82, 2.24) is 15.0 Å². The lowest BCUT2D eigenvalue weighted by Gasteiger charge is -2.08. The number of hydrogen-bond acceptors (Lipinski definition) is 2. The van der Waals surface area contributed by atoms with Gasteiger partial charge in [-0.25, -0.2) is 9.97 Å². The van der Waals surface area contributed by atoms with E-state index in [4.69, 9.17) is 11.6 Å². The molecule has 1 fully saturated rings. The van der Waals surface area contributed by atoms with E-state index in [9.17, 15) is 0 Å². The topological polar surface area (TPSA) is 41.6 Å². The third kappa shape index (κ3) is 1.82. The van der Waals surface area contributed by atoms with Gasteiger partial charge in [-0.3, -0.25) is 0 Å². The van der Waals surface area contributed by atoms with Gasteiger partial charge in [-0.1, -0.05) is 24.9 Å². The molecule has 2 aromatic heterocycles. The quantitative estimate of drug-likeness (QED) is 0.820. The lowest BCUT2D eigenvalue weighted by molar-refractivity contribution is 0.521. The molecule has 0 spiro atoms. The summed E-state index contributed by atoms with van der Waals surface area (Å²) in [6.07, 6.45) is 8.79. The van der Waals surface area contributed by atoms with Crippen molar-refractivity contribution in [3.8, 4) is 0 Å². The Balaban J connectivity index is 1.99. The molecule has 2 heterocycles. The lowest BCUT2D eigenvalue weighted by atomic mass is 9.97. The van der Waals surface area contributed by atoms with E-state index in [-0.39, 0.29) is 0 Å². The highest BCUT2D eigenvalue weighted by atomic mass is 35.5. The van der Waals surface area contributed by atoms with Gasteiger partial charge in [-0.05, 0) is 36.7 Å². The van der Waals surface area contributed by atoms with Crippen LogP contribution in [0.25, 0.3) is 11.0 Å². The maximum Gasteiger partial charge on any atom is 0.156 e. The second-order valence-electron chi connectivity index (χ2n) is 4.92. The number of fused-ring (bicyclic) bond motifs is 1. The first-order valence-corrected chi connectivity index (χ1v) is 6.64. The molecule has 1 saturated carbocycles. The summed E-state index contributed by atoms with van der Waals surface area (Å²) >= 11 is 6.05. The number of aromatic nitrogens is 3. The van der Waals surface area contributed by atoms with Crippen LogP contribution < -0.4 is 0 Å². The molecule has 0 unspecified atom stereocenters. The van der Waals surface area contributed by atoms with Gasteiger partial charge in [0.2, 0.25) is 0 Å². The molecule has 2 atom stereocenters. The van der Waals surface area contributed by atoms with Gasteiger partial charge in [-0.15, -0.1) is 0 Å². The smallest absolute Gasteiger partial charge is 0.156 e. The first-order valence-electron chi connectivity index (χ1n) is 6.27. The summed E-state index contributed by atoms with van der Waals surface area (Å²) in [5.41, 5.74) is 3.20. The van der Waals surface area contributed by atoms with Crippen molar-refractivity contribution in [3.63, 3.8) is 0 Å². The molecule has 0 aromatic carbocycles. The maximum absolute atomic E-state index is 6.05.